The molecule has 110 valence electrons. The highest BCUT2D eigenvalue weighted by Gasteiger charge is 2.13. The van der Waals surface area contributed by atoms with Gasteiger partial charge >= 0.3 is 0 Å². The molecule has 0 aliphatic carbocycles. The van der Waals surface area contributed by atoms with Gasteiger partial charge in [-0.15, -0.1) is 5.10 Å². The fourth-order valence-electron chi connectivity index (χ4n) is 1.73. The number of guanidine groups is 1. The average Bonchev–Trinajstić information content (AvgIpc) is 2.45. The fraction of sp³-hybridized carbons (Fsp3) is 0.154. The van der Waals surface area contributed by atoms with Crippen molar-refractivity contribution in [2.45, 2.75) is 6.92 Å². The number of fused-ring (bicyclic) bond motifs is 1. The Bertz CT molecular complexity index is 713. The van der Waals surface area contributed by atoms with Gasteiger partial charge in [0.2, 0.25) is 5.96 Å². The molecule has 1 aromatic carbocycles. The molecule has 0 fully saturated rings. The van der Waals surface area contributed by atoms with Gasteiger partial charge in [-0.1, -0.05) is 0 Å². The van der Waals surface area contributed by atoms with Crippen LogP contribution in [0.15, 0.2) is 29.4 Å². The van der Waals surface area contributed by atoms with Crippen LogP contribution >= 0.6 is 0 Å². The van der Waals surface area contributed by atoms with Crippen LogP contribution < -0.4 is 21.6 Å². The van der Waals surface area contributed by atoms with E-state index in [-0.39, 0.29) is 11.7 Å². The minimum atomic E-state index is -0.601. The van der Waals surface area contributed by atoms with Crippen molar-refractivity contribution in [1.29, 1.82) is 0 Å². The van der Waals surface area contributed by atoms with Gasteiger partial charge in [0.15, 0.2) is 0 Å². The molecule has 0 aliphatic heterocycles. The Morgan fingerprint density at radius 2 is 2.19 bits per heavy atom. The van der Waals surface area contributed by atoms with Gasteiger partial charge in [0.05, 0.1) is 12.1 Å². The molecule has 0 aliphatic rings. The number of pyridine rings is 1. The summed E-state index contributed by atoms with van der Waals surface area (Å²) in [5, 5.41) is 3.88. The average molecular weight is 291 g/mol. The van der Waals surface area contributed by atoms with Crippen molar-refractivity contribution < 1.29 is 13.9 Å². The number of carbonyl (C=O) groups excluding carboxylic acids is 1. The van der Waals surface area contributed by atoms with Gasteiger partial charge in [0, 0.05) is 11.5 Å². The predicted octanol–water partition coefficient (Wildman–Crippen LogP) is 0.691. The summed E-state index contributed by atoms with van der Waals surface area (Å²) in [5.41, 5.74) is 12.9. The molecular weight excluding hydrogens is 277 g/mol. The van der Waals surface area contributed by atoms with E-state index in [1.54, 1.807) is 6.92 Å². The van der Waals surface area contributed by atoms with Crippen LogP contribution in [0.5, 0.6) is 5.75 Å². The second-order valence-electron chi connectivity index (χ2n) is 4.08. The molecule has 2 rings (SSSR count). The highest BCUT2D eigenvalue weighted by atomic mass is 19.1. The lowest BCUT2D eigenvalue weighted by Gasteiger charge is -2.09. The Morgan fingerprint density at radius 3 is 2.86 bits per heavy atom. The third kappa shape index (κ3) is 3.35. The predicted molar refractivity (Wildman–Crippen MR) is 76.1 cm³/mol. The molecule has 2 aromatic rings. The molecule has 0 saturated carbocycles. The summed E-state index contributed by atoms with van der Waals surface area (Å²) in [4.78, 5) is 16.0. The number of hydrogen-bond donors (Lipinski definition) is 3. The third-order valence-corrected chi connectivity index (χ3v) is 2.55. The van der Waals surface area contributed by atoms with E-state index in [1.807, 2.05) is 0 Å². The number of aromatic nitrogens is 1. The van der Waals surface area contributed by atoms with E-state index in [4.69, 9.17) is 16.2 Å². The number of rotatable bonds is 4. The van der Waals surface area contributed by atoms with Crippen molar-refractivity contribution in [3.05, 3.63) is 35.8 Å². The number of nitrogens with zero attached hydrogens (tertiary/aromatic N) is 2. The molecule has 1 aromatic heterocycles. The molecule has 5 N–H and O–H groups in total. The molecule has 0 saturated heterocycles. The zero-order chi connectivity index (χ0) is 15.4. The lowest BCUT2D eigenvalue weighted by Crippen LogP contribution is -2.29. The van der Waals surface area contributed by atoms with Gasteiger partial charge in [0.25, 0.3) is 5.91 Å². The summed E-state index contributed by atoms with van der Waals surface area (Å²) in [6.45, 7) is 2.15. The summed E-state index contributed by atoms with van der Waals surface area (Å²) >= 11 is 0. The first-order valence-corrected chi connectivity index (χ1v) is 6.13. The van der Waals surface area contributed by atoms with Crippen molar-refractivity contribution in [3.63, 3.8) is 0 Å². The van der Waals surface area contributed by atoms with Crippen LogP contribution in [0, 0.1) is 5.82 Å². The largest absolute Gasteiger partial charge is 0.493 e. The lowest BCUT2D eigenvalue weighted by molar-refractivity contribution is 0.0949. The number of nitrogens with one attached hydrogen (secondary N) is 1. The zero-order valence-corrected chi connectivity index (χ0v) is 11.3. The van der Waals surface area contributed by atoms with E-state index in [2.05, 4.69) is 15.5 Å². The smallest absolute Gasteiger partial charge is 0.290 e. The highest BCUT2D eigenvalue weighted by Crippen LogP contribution is 2.26. The van der Waals surface area contributed by atoms with Crippen LogP contribution in [-0.2, 0) is 0 Å². The number of hydrazone groups is 1. The number of carbonyl (C=O) groups is 1. The van der Waals surface area contributed by atoms with Crippen LogP contribution in [0.1, 0.15) is 17.4 Å². The zero-order valence-electron chi connectivity index (χ0n) is 11.3. The Kier molecular flexibility index (Phi) is 4.17. The molecule has 21 heavy (non-hydrogen) atoms. The van der Waals surface area contributed by atoms with E-state index in [1.165, 1.54) is 24.3 Å². The maximum absolute atomic E-state index is 13.3. The fourth-order valence-corrected chi connectivity index (χ4v) is 1.73. The van der Waals surface area contributed by atoms with E-state index in [0.29, 0.717) is 23.3 Å². The van der Waals surface area contributed by atoms with Crippen molar-refractivity contribution >= 4 is 22.8 Å². The standard InChI is InChI=1S/C13H14FN5O2/c1-2-21-11-6-10(12(20)18-19-13(15)16)17-9-4-3-7(14)5-8(9)11/h3-6H,2H2,1H3,(H,18,20)(H4,15,16,19). The SMILES string of the molecule is CCOc1cc(C(=O)NN=C(N)N)nc2ccc(F)cc12. The molecule has 0 unspecified atom stereocenters. The van der Waals surface area contributed by atoms with E-state index >= 15 is 0 Å². The Balaban J connectivity index is 2.48. The molecule has 1 amide bonds. The van der Waals surface area contributed by atoms with E-state index in [9.17, 15) is 9.18 Å². The Hall–Kier alpha value is -2.90. The second kappa shape index (κ2) is 6.04. The molecule has 0 bridgehead atoms. The van der Waals surface area contributed by atoms with Crippen molar-refractivity contribution in [1.82, 2.24) is 10.4 Å². The minimum absolute atomic E-state index is 0.0579. The number of halogens is 1. The topological polar surface area (TPSA) is 116 Å². The first-order chi connectivity index (χ1) is 10.0. The van der Waals surface area contributed by atoms with E-state index < -0.39 is 11.7 Å². The van der Waals surface area contributed by atoms with Crippen LogP contribution in [-0.4, -0.2) is 23.5 Å². The maximum Gasteiger partial charge on any atom is 0.290 e. The number of benzene rings is 1. The molecule has 1 heterocycles. The van der Waals surface area contributed by atoms with Crippen LogP contribution in [0.3, 0.4) is 0 Å². The summed E-state index contributed by atoms with van der Waals surface area (Å²) in [7, 11) is 0. The number of amides is 1. The quantitative estimate of drug-likeness (QED) is 0.435. The number of hydrogen-bond acceptors (Lipinski definition) is 4. The summed E-state index contributed by atoms with van der Waals surface area (Å²) in [6.07, 6.45) is 0. The van der Waals surface area contributed by atoms with Crippen LogP contribution in [0.2, 0.25) is 0 Å². The first kappa shape index (κ1) is 14.5. The molecule has 7 nitrogen and oxygen atoms in total. The number of ether oxygens (including phenoxy) is 1. The Morgan fingerprint density at radius 1 is 1.43 bits per heavy atom. The minimum Gasteiger partial charge on any atom is -0.493 e. The molecule has 0 spiro atoms. The van der Waals surface area contributed by atoms with Gasteiger partial charge in [-0.25, -0.2) is 14.8 Å². The number of nitrogens with two attached hydrogens (primary N) is 2. The van der Waals surface area contributed by atoms with Gasteiger partial charge in [-0.05, 0) is 25.1 Å². The molecule has 8 heteroatoms. The Labute approximate surface area is 119 Å². The van der Waals surface area contributed by atoms with E-state index in [0.717, 1.165) is 0 Å². The first-order valence-electron chi connectivity index (χ1n) is 6.13. The van der Waals surface area contributed by atoms with Crippen LogP contribution in [0.25, 0.3) is 10.9 Å². The summed E-state index contributed by atoms with van der Waals surface area (Å²) in [6, 6.07) is 5.42. The van der Waals surface area contributed by atoms with Gasteiger partial charge < -0.3 is 16.2 Å². The van der Waals surface area contributed by atoms with Gasteiger partial charge in [0.1, 0.15) is 17.3 Å². The maximum atomic E-state index is 13.3. The lowest BCUT2D eigenvalue weighted by atomic mass is 10.1. The molecule has 0 radical (unpaired) electrons. The molecule has 0 atom stereocenters. The van der Waals surface area contributed by atoms with Crippen molar-refractivity contribution in [3.8, 4) is 5.75 Å². The monoisotopic (exact) mass is 291 g/mol. The van der Waals surface area contributed by atoms with Crippen molar-refractivity contribution in [2.75, 3.05) is 6.61 Å². The second-order valence-corrected chi connectivity index (χ2v) is 4.08. The van der Waals surface area contributed by atoms with Crippen LogP contribution in [0.4, 0.5) is 4.39 Å². The van der Waals surface area contributed by atoms with Gasteiger partial charge in [-0.3, -0.25) is 4.79 Å². The third-order valence-electron chi connectivity index (χ3n) is 2.55. The highest BCUT2D eigenvalue weighted by molar-refractivity contribution is 5.97. The van der Waals surface area contributed by atoms with Crippen molar-refractivity contribution in [2.24, 2.45) is 16.6 Å². The summed E-state index contributed by atoms with van der Waals surface area (Å²) in [5.74, 6) is -0.938. The van der Waals surface area contributed by atoms with Gasteiger partial charge in [-0.2, -0.15) is 0 Å². The molecular formula is C13H14FN5O2. The summed E-state index contributed by atoms with van der Waals surface area (Å²) < 4.78 is 18.7. The normalized spacial score (nSPS) is 10.2.